The Morgan fingerprint density at radius 1 is 0.632 bits per heavy atom. The van der Waals surface area contributed by atoms with E-state index in [-0.39, 0.29) is 0 Å². The summed E-state index contributed by atoms with van der Waals surface area (Å²) in [4.78, 5) is 13.6. The molecule has 2 bridgehead atoms. The first-order valence-corrected chi connectivity index (χ1v) is 15.3. The van der Waals surface area contributed by atoms with Crippen molar-refractivity contribution in [3.8, 4) is 0 Å². The number of benzene rings is 2. The molecule has 2 aromatic rings. The molecule has 0 unspecified atom stereocenters. The molecule has 0 aromatic heterocycles. The van der Waals surface area contributed by atoms with Crippen molar-refractivity contribution < 1.29 is 0 Å². The minimum absolute atomic E-state index is 0.297. The normalized spacial score (nSPS) is 32.4. The quantitative estimate of drug-likeness (QED) is 0.552. The van der Waals surface area contributed by atoms with Gasteiger partial charge >= 0.3 is 0 Å². The van der Waals surface area contributed by atoms with Gasteiger partial charge < -0.3 is 14.7 Å². The zero-order valence-electron chi connectivity index (χ0n) is 23.8. The van der Waals surface area contributed by atoms with Gasteiger partial charge in [0.25, 0.3) is 0 Å². The molecular weight excluding hydrogens is 466 g/mol. The first kappa shape index (κ1) is 26.5. The summed E-state index contributed by atoms with van der Waals surface area (Å²) in [5, 5.41) is 0. The van der Waals surface area contributed by atoms with E-state index >= 15 is 0 Å². The number of piperazine rings is 2. The standard InChI is InChI=1S/C33H49N5/c1-34-18-22-36(23-19-34)15-9-16-37-17-14-33(38-24-20-35(2)21-25-38)26-30(28-10-5-3-6-11-28)32(37)31(27-33)29-12-7-4-8-13-29/h3-8,10-13,30-32H,9,14-27H2,1-2H3/t30-,31-,32?,33?/m0/s1. The highest BCUT2D eigenvalue weighted by Crippen LogP contribution is 2.54. The summed E-state index contributed by atoms with van der Waals surface area (Å²) < 4.78 is 0. The highest BCUT2D eigenvalue weighted by molar-refractivity contribution is 5.32. The van der Waals surface area contributed by atoms with Crippen LogP contribution in [0.5, 0.6) is 0 Å². The van der Waals surface area contributed by atoms with Crippen LogP contribution in [0.15, 0.2) is 60.7 Å². The van der Waals surface area contributed by atoms with Gasteiger partial charge in [-0.2, -0.15) is 0 Å². The average Bonchev–Trinajstić information content (AvgIpc) is 3.23. The van der Waals surface area contributed by atoms with Crippen LogP contribution in [0.1, 0.15) is 48.6 Å². The van der Waals surface area contributed by atoms with Crippen LogP contribution in [0.25, 0.3) is 0 Å². The molecule has 4 saturated heterocycles. The summed E-state index contributed by atoms with van der Waals surface area (Å²) in [6, 6.07) is 23.7. The number of hydrogen-bond donors (Lipinski definition) is 0. The lowest BCUT2D eigenvalue weighted by molar-refractivity contribution is -0.0000576. The maximum atomic E-state index is 2.95. The van der Waals surface area contributed by atoms with E-state index in [0.29, 0.717) is 23.4 Å². The Kier molecular flexibility index (Phi) is 8.20. The maximum Gasteiger partial charge on any atom is 0.0235 e. The molecule has 4 aliphatic heterocycles. The van der Waals surface area contributed by atoms with Crippen LogP contribution in [0, 0.1) is 0 Å². The predicted molar refractivity (Wildman–Crippen MR) is 158 cm³/mol. The molecule has 5 aliphatic rings. The van der Waals surface area contributed by atoms with Gasteiger partial charge in [-0.25, -0.2) is 0 Å². The smallest absolute Gasteiger partial charge is 0.0235 e. The third-order valence-corrected chi connectivity index (χ3v) is 10.5. The van der Waals surface area contributed by atoms with Crippen molar-refractivity contribution in [3.05, 3.63) is 71.8 Å². The first-order valence-electron chi connectivity index (χ1n) is 15.3. The van der Waals surface area contributed by atoms with Crippen LogP contribution in [0.4, 0.5) is 0 Å². The van der Waals surface area contributed by atoms with E-state index in [4.69, 9.17) is 0 Å². The molecule has 1 saturated carbocycles. The highest BCUT2D eigenvalue weighted by atomic mass is 15.3. The second-order valence-corrected chi connectivity index (χ2v) is 12.7. The van der Waals surface area contributed by atoms with Crippen LogP contribution in [0.2, 0.25) is 0 Å². The van der Waals surface area contributed by atoms with Crippen LogP contribution < -0.4 is 0 Å². The van der Waals surface area contributed by atoms with Gasteiger partial charge in [0.15, 0.2) is 0 Å². The second-order valence-electron chi connectivity index (χ2n) is 12.7. The predicted octanol–water partition coefficient (Wildman–Crippen LogP) is 4.05. The van der Waals surface area contributed by atoms with E-state index in [1.807, 2.05) is 0 Å². The fourth-order valence-electron chi connectivity index (χ4n) is 8.20. The number of hydrogen-bond acceptors (Lipinski definition) is 5. The van der Waals surface area contributed by atoms with Crippen molar-refractivity contribution in [2.24, 2.45) is 0 Å². The number of fused-ring (bicyclic) bond motifs is 4. The lowest BCUT2D eigenvalue weighted by Gasteiger charge is -2.54. The zero-order valence-corrected chi connectivity index (χ0v) is 23.8. The van der Waals surface area contributed by atoms with Crippen molar-refractivity contribution in [2.75, 3.05) is 86.1 Å². The fraction of sp³-hybridized carbons (Fsp3) is 0.636. The van der Waals surface area contributed by atoms with E-state index in [0.717, 1.165) is 0 Å². The second kappa shape index (κ2) is 11.8. The van der Waals surface area contributed by atoms with Gasteiger partial charge in [0, 0.05) is 82.3 Å². The van der Waals surface area contributed by atoms with Gasteiger partial charge in [0.2, 0.25) is 0 Å². The van der Waals surface area contributed by atoms with E-state index in [2.05, 4.69) is 99.3 Å². The molecule has 0 radical (unpaired) electrons. The van der Waals surface area contributed by atoms with Gasteiger partial charge in [-0.1, -0.05) is 60.7 Å². The van der Waals surface area contributed by atoms with Crippen molar-refractivity contribution in [1.29, 1.82) is 0 Å². The first-order chi connectivity index (χ1) is 18.6. The number of rotatable bonds is 7. The van der Waals surface area contributed by atoms with Gasteiger partial charge in [-0.3, -0.25) is 9.80 Å². The highest BCUT2D eigenvalue weighted by Gasteiger charge is 2.54. The third-order valence-electron chi connectivity index (χ3n) is 10.5. The Balaban J connectivity index is 1.31. The third kappa shape index (κ3) is 5.59. The molecule has 0 N–H and O–H groups in total. The summed E-state index contributed by atoms with van der Waals surface area (Å²) in [5.74, 6) is 1.17. The molecule has 5 nitrogen and oxygen atoms in total. The summed E-state index contributed by atoms with van der Waals surface area (Å²) in [6.45, 7) is 13.4. The Labute approximate surface area is 231 Å². The van der Waals surface area contributed by atoms with E-state index in [1.54, 1.807) is 11.1 Å². The molecule has 7 rings (SSSR count). The topological polar surface area (TPSA) is 16.2 Å². The van der Waals surface area contributed by atoms with E-state index in [1.165, 1.54) is 97.7 Å². The lowest BCUT2D eigenvalue weighted by atomic mass is 9.63. The Morgan fingerprint density at radius 3 is 1.71 bits per heavy atom. The molecule has 5 heteroatoms. The molecule has 5 fully saturated rings. The summed E-state index contributed by atoms with van der Waals surface area (Å²) in [5.41, 5.74) is 3.41. The maximum absolute atomic E-state index is 2.95. The SMILES string of the molecule is CN1CCN(CCCN2CCC3(N4CCN(C)CC4)C[C@@H](c4ccccc4)C2[C@H](c2ccccc2)C3)CC1. The molecule has 1 aliphatic carbocycles. The van der Waals surface area contributed by atoms with Gasteiger partial charge in [-0.15, -0.1) is 0 Å². The van der Waals surface area contributed by atoms with Crippen LogP contribution in [0.3, 0.4) is 0 Å². The minimum Gasteiger partial charge on any atom is -0.304 e. The zero-order chi connectivity index (χ0) is 26.0. The molecule has 0 amide bonds. The molecule has 206 valence electrons. The van der Waals surface area contributed by atoms with Crippen LogP contribution >= 0.6 is 0 Å². The van der Waals surface area contributed by atoms with Crippen molar-refractivity contribution in [1.82, 2.24) is 24.5 Å². The Hall–Kier alpha value is -1.76. The average molecular weight is 516 g/mol. The van der Waals surface area contributed by atoms with Gasteiger partial charge in [0.05, 0.1) is 0 Å². The molecular formula is C33H49N5. The summed E-state index contributed by atoms with van der Waals surface area (Å²) >= 11 is 0. The minimum atomic E-state index is 0.297. The molecule has 2 aromatic carbocycles. The number of likely N-dealkylation sites (N-methyl/N-ethyl adjacent to an activating group) is 2. The van der Waals surface area contributed by atoms with Gasteiger partial charge in [-0.05, 0) is 64.0 Å². The Bertz CT molecular complexity index is 947. The van der Waals surface area contributed by atoms with Crippen LogP contribution in [-0.4, -0.2) is 122 Å². The molecule has 38 heavy (non-hydrogen) atoms. The van der Waals surface area contributed by atoms with E-state index < -0.39 is 0 Å². The summed E-state index contributed by atoms with van der Waals surface area (Å²) in [7, 11) is 4.55. The fourth-order valence-corrected chi connectivity index (χ4v) is 8.20. The van der Waals surface area contributed by atoms with Crippen molar-refractivity contribution >= 4 is 0 Å². The monoisotopic (exact) mass is 515 g/mol. The van der Waals surface area contributed by atoms with Crippen molar-refractivity contribution in [2.45, 2.75) is 49.1 Å². The van der Waals surface area contributed by atoms with Crippen molar-refractivity contribution in [3.63, 3.8) is 0 Å². The lowest BCUT2D eigenvalue weighted by Crippen LogP contribution is -2.59. The molecule has 0 spiro atoms. The summed E-state index contributed by atoms with van der Waals surface area (Å²) in [6.07, 6.45) is 5.21. The molecule has 4 heterocycles. The Morgan fingerprint density at radius 2 is 1.16 bits per heavy atom. The number of nitrogens with zero attached hydrogens (tertiary/aromatic N) is 5. The molecule has 2 atom stereocenters. The van der Waals surface area contributed by atoms with Gasteiger partial charge in [0.1, 0.15) is 0 Å². The largest absolute Gasteiger partial charge is 0.304 e. The van der Waals surface area contributed by atoms with E-state index in [9.17, 15) is 0 Å². The van der Waals surface area contributed by atoms with Crippen LogP contribution in [-0.2, 0) is 0 Å².